The number of aryl methyl sites for hydroxylation is 1. The second kappa shape index (κ2) is 7.28. The van der Waals surface area contributed by atoms with Crippen molar-refractivity contribution in [3.8, 4) is 0 Å². The molecule has 3 heterocycles. The second-order valence-electron chi connectivity index (χ2n) is 7.21. The fraction of sp³-hybridized carbons (Fsp3) is 0.238. The van der Waals surface area contributed by atoms with Gasteiger partial charge in [0, 0.05) is 29.1 Å². The zero-order valence-corrected chi connectivity index (χ0v) is 16.9. The van der Waals surface area contributed by atoms with Crippen LogP contribution in [0.4, 0.5) is 11.6 Å². The summed E-state index contributed by atoms with van der Waals surface area (Å²) in [4.78, 5) is 26.4. The van der Waals surface area contributed by atoms with Gasteiger partial charge in [0.1, 0.15) is 11.1 Å². The van der Waals surface area contributed by atoms with Gasteiger partial charge in [-0.2, -0.15) is 0 Å². The van der Waals surface area contributed by atoms with Gasteiger partial charge in [0.25, 0.3) is 0 Å². The third kappa shape index (κ3) is 3.43. The number of benzene rings is 1. The van der Waals surface area contributed by atoms with Gasteiger partial charge in [0.15, 0.2) is 0 Å². The highest BCUT2D eigenvalue weighted by molar-refractivity contribution is 6.31. The van der Waals surface area contributed by atoms with Crippen molar-refractivity contribution in [1.29, 1.82) is 0 Å². The Kier molecular flexibility index (Phi) is 4.60. The molecule has 0 fully saturated rings. The van der Waals surface area contributed by atoms with Crippen molar-refractivity contribution in [2.75, 3.05) is 10.6 Å². The predicted molar refractivity (Wildman–Crippen MR) is 113 cm³/mol. The number of halogens is 2. The molecule has 0 bridgehead atoms. The monoisotopic (exact) mass is 425 g/mol. The number of nitrogens with one attached hydrogen (secondary N) is 2. The zero-order valence-electron chi connectivity index (χ0n) is 15.4. The van der Waals surface area contributed by atoms with Crippen LogP contribution in [-0.2, 0) is 24.2 Å². The average molecular weight is 426 g/mol. The molecule has 1 aromatic carbocycles. The predicted octanol–water partition coefficient (Wildman–Crippen LogP) is 4.36. The van der Waals surface area contributed by atoms with Gasteiger partial charge in [0.2, 0.25) is 11.9 Å². The number of hydrogen-bond donors (Lipinski definition) is 2. The van der Waals surface area contributed by atoms with Crippen LogP contribution in [0.2, 0.25) is 10.2 Å². The van der Waals surface area contributed by atoms with E-state index in [0.29, 0.717) is 22.7 Å². The topological polar surface area (TPSA) is 79.8 Å². The van der Waals surface area contributed by atoms with Crippen molar-refractivity contribution >= 4 is 40.7 Å². The molecule has 2 aliphatic rings. The quantitative estimate of drug-likeness (QED) is 0.606. The second-order valence-corrected chi connectivity index (χ2v) is 8.03. The molecule has 1 amide bonds. The smallest absolute Gasteiger partial charge is 0.238 e. The number of nitrogens with zero attached hydrogens (tertiary/aromatic N) is 3. The molecule has 3 aromatic rings. The number of hydrogen-bond acceptors (Lipinski definition) is 5. The van der Waals surface area contributed by atoms with Crippen LogP contribution >= 0.6 is 23.2 Å². The maximum Gasteiger partial charge on any atom is 0.238 e. The van der Waals surface area contributed by atoms with Crippen LogP contribution in [0.3, 0.4) is 0 Å². The van der Waals surface area contributed by atoms with E-state index in [9.17, 15) is 4.79 Å². The highest BCUT2D eigenvalue weighted by atomic mass is 35.5. The summed E-state index contributed by atoms with van der Waals surface area (Å²) in [6, 6.07) is 9.11. The number of rotatable bonds is 4. The van der Waals surface area contributed by atoms with E-state index in [4.69, 9.17) is 33.2 Å². The number of pyridine rings is 1. The molecule has 5 rings (SSSR count). The Morgan fingerprint density at radius 3 is 2.86 bits per heavy atom. The SMILES string of the molecule is O=C1Nc2ccc(Cl)cc2C1c1nc(NCc2ccc(Cl)nc2)nc2c1CCC2. The molecule has 1 atom stereocenters. The van der Waals surface area contributed by atoms with Crippen LogP contribution in [0.1, 0.15) is 40.4 Å². The average Bonchev–Trinajstić information content (AvgIpc) is 3.30. The zero-order chi connectivity index (χ0) is 20.0. The van der Waals surface area contributed by atoms with E-state index in [1.165, 1.54) is 0 Å². The Balaban J connectivity index is 1.51. The largest absolute Gasteiger partial charge is 0.350 e. The van der Waals surface area contributed by atoms with E-state index in [-0.39, 0.29) is 5.91 Å². The minimum Gasteiger partial charge on any atom is -0.350 e. The highest BCUT2D eigenvalue weighted by Crippen LogP contribution is 2.41. The molecule has 2 aromatic heterocycles. The molecule has 2 N–H and O–H groups in total. The van der Waals surface area contributed by atoms with E-state index in [1.807, 2.05) is 18.2 Å². The molecular formula is C21H17Cl2N5O. The van der Waals surface area contributed by atoms with Gasteiger partial charge in [-0.1, -0.05) is 29.3 Å². The highest BCUT2D eigenvalue weighted by Gasteiger charge is 2.36. The molecule has 1 unspecified atom stereocenters. The Hall–Kier alpha value is -2.70. The van der Waals surface area contributed by atoms with E-state index >= 15 is 0 Å². The maximum absolute atomic E-state index is 12.8. The molecule has 1 aliphatic heterocycles. The van der Waals surface area contributed by atoms with Crippen molar-refractivity contribution < 1.29 is 4.79 Å². The summed E-state index contributed by atoms with van der Waals surface area (Å²) in [5.41, 5.74) is 5.48. The molecule has 0 saturated heterocycles. The third-order valence-electron chi connectivity index (χ3n) is 5.32. The van der Waals surface area contributed by atoms with Gasteiger partial charge in [-0.3, -0.25) is 4.79 Å². The Bertz CT molecular complexity index is 1120. The molecule has 6 nitrogen and oxygen atoms in total. The minimum atomic E-state index is -0.476. The van der Waals surface area contributed by atoms with Gasteiger partial charge >= 0.3 is 0 Å². The van der Waals surface area contributed by atoms with E-state index in [1.54, 1.807) is 18.3 Å². The number of carbonyl (C=O) groups is 1. The normalized spacial score (nSPS) is 17.0. The summed E-state index contributed by atoms with van der Waals surface area (Å²) in [6.07, 6.45) is 4.50. The van der Waals surface area contributed by atoms with Crippen molar-refractivity contribution in [2.45, 2.75) is 31.7 Å². The van der Waals surface area contributed by atoms with Gasteiger partial charge in [-0.25, -0.2) is 15.0 Å². The summed E-state index contributed by atoms with van der Waals surface area (Å²) in [6.45, 7) is 0.516. The lowest BCUT2D eigenvalue weighted by Gasteiger charge is -2.15. The molecule has 0 radical (unpaired) electrons. The summed E-state index contributed by atoms with van der Waals surface area (Å²) < 4.78 is 0. The standard InChI is InChI=1S/C21H17Cl2N5O/c22-12-5-6-16-14(8-12)18(20(29)26-16)19-13-2-1-3-15(13)27-21(28-19)25-10-11-4-7-17(23)24-9-11/h4-9,18H,1-3,10H2,(H,26,29)(H,25,27,28). The summed E-state index contributed by atoms with van der Waals surface area (Å²) in [5, 5.41) is 7.26. The molecule has 0 saturated carbocycles. The van der Waals surface area contributed by atoms with Crippen LogP contribution < -0.4 is 10.6 Å². The van der Waals surface area contributed by atoms with Crippen molar-refractivity contribution in [3.05, 3.63) is 74.8 Å². The molecule has 8 heteroatoms. The van der Waals surface area contributed by atoms with Crippen molar-refractivity contribution in [1.82, 2.24) is 15.0 Å². The number of carbonyl (C=O) groups excluding carboxylic acids is 1. The Labute approximate surface area is 177 Å². The molecule has 146 valence electrons. The van der Waals surface area contributed by atoms with Crippen LogP contribution in [0, 0.1) is 0 Å². The van der Waals surface area contributed by atoms with Crippen LogP contribution in [0.15, 0.2) is 36.5 Å². The molecule has 1 aliphatic carbocycles. The van der Waals surface area contributed by atoms with Gasteiger partial charge in [-0.15, -0.1) is 0 Å². The lowest BCUT2D eigenvalue weighted by molar-refractivity contribution is -0.116. The molecule has 29 heavy (non-hydrogen) atoms. The van der Waals surface area contributed by atoms with Crippen LogP contribution in [0.25, 0.3) is 0 Å². The minimum absolute atomic E-state index is 0.0806. The summed E-state index contributed by atoms with van der Waals surface area (Å²) >= 11 is 12.1. The van der Waals surface area contributed by atoms with E-state index in [2.05, 4.69) is 15.6 Å². The summed E-state index contributed by atoms with van der Waals surface area (Å²) in [7, 11) is 0. The first kappa shape index (κ1) is 18.3. The maximum atomic E-state index is 12.8. The first-order chi connectivity index (χ1) is 14.1. The lowest BCUT2D eigenvalue weighted by Crippen LogP contribution is -2.18. The van der Waals surface area contributed by atoms with Crippen molar-refractivity contribution in [3.63, 3.8) is 0 Å². The van der Waals surface area contributed by atoms with Crippen LogP contribution in [0.5, 0.6) is 0 Å². The van der Waals surface area contributed by atoms with E-state index in [0.717, 1.165) is 53.0 Å². The van der Waals surface area contributed by atoms with E-state index < -0.39 is 5.92 Å². The first-order valence-electron chi connectivity index (χ1n) is 9.43. The van der Waals surface area contributed by atoms with Gasteiger partial charge < -0.3 is 10.6 Å². The first-order valence-corrected chi connectivity index (χ1v) is 10.2. The Morgan fingerprint density at radius 1 is 1.14 bits per heavy atom. The number of aromatic nitrogens is 3. The van der Waals surface area contributed by atoms with Crippen LogP contribution in [-0.4, -0.2) is 20.9 Å². The third-order valence-corrected chi connectivity index (χ3v) is 5.78. The van der Waals surface area contributed by atoms with Gasteiger partial charge in [0.05, 0.1) is 5.69 Å². The Morgan fingerprint density at radius 2 is 2.03 bits per heavy atom. The number of amides is 1. The molecular weight excluding hydrogens is 409 g/mol. The lowest BCUT2D eigenvalue weighted by atomic mass is 9.93. The van der Waals surface area contributed by atoms with Gasteiger partial charge in [-0.05, 0) is 60.2 Å². The number of anilines is 2. The molecule has 0 spiro atoms. The fourth-order valence-electron chi connectivity index (χ4n) is 3.98. The fourth-order valence-corrected chi connectivity index (χ4v) is 4.27. The number of fused-ring (bicyclic) bond motifs is 2. The summed E-state index contributed by atoms with van der Waals surface area (Å²) in [5.74, 6) is -0.0434. The van der Waals surface area contributed by atoms with Crippen molar-refractivity contribution in [2.24, 2.45) is 0 Å².